The Bertz CT molecular complexity index is 683. The van der Waals surface area contributed by atoms with Crippen molar-refractivity contribution in [1.82, 2.24) is 0 Å². The SMILES string of the molecule is CCCCCCCCCCCCCCCCOC(=O)c1ccc(C(=O)[O-])c(C(=O)[O-])c1. The average molecular weight is 433 g/mol. The van der Waals surface area contributed by atoms with Gasteiger partial charge in [-0.15, -0.1) is 0 Å². The first-order valence-corrected chi connectivity index (χ1v) is 11.7. The molecule has 0 heterocycles. The van der Waals surface area contributed by atoms with Gasteiger partial charge in [0.05, 0.1) is 24.1 Å². The molecule has 174 valence electrons. The summed E-state index contributed by atoms with van der Waals surface area (Å²) in [5.74, 6) is -4.00. The largest absolute Gasteiger partial charge is 0.545 e. The van der Waals surface area contributed by atoms with Crippen LogP contribution in [0.1, 0.15) is 128 Å². The van der Waals surface area contributed by atoms with Crippen LogP contribution in [0.15, 0.2) is 18.2 Å². The number of rotatable bonds is 18. The lowest BCUT2D eigenvalue weighted by Gasteiger charge is -2.13. The maximum absolute atomic E-state index is 12.0. The standard InChI is InChI=1S/C25H38O6/c1-2-3-4-5-6-7-8-9-10-11-12-13-14-15-18-31-25(30)20-16-17-21(23(26)27)22(19-20)24(28)29/h16-17,19H,2-15,18H2,1H3,(H,26,27)(H,28,29)/p-2. The third-order valence-electron chi connectivity index (χ3n) is 5.43. The zero-order chi connectivity index (χ0) is 22.9. The second kappa shape index (κ2) is 16.3. The van der Waals surface area contributed by atoms with Gasteiger partial charge in [0.1, 0.15) is 0 Å². The molecule has 31 heavy (non-hydrogen) atoms. The quantitative estimate of drug-likeness (QED) is 0.256. The van der Waals surface area contributed by atoms with Crippen LogP contribution in [0.3, 0.4) is 0 Å². The Morgan fingerprint density at radius 1 is 0.677 bits per heavy atom. The second-order valence-electron chi connectivity index (χ2n) is 8.07. The molecule has 1 aromatic rings. The van der Waals surface area contributed by atoms with Crippen LogP contribution in [0.25, 0.3) is 0 Å². The maximum Gasteiger partial charge on any atom is 0.338 e. The van der Waals surface area contributed by atoms with E-state index in [1.807, 2.05) is 0 Å². The van der Waals surface area contributed by atoms with E-state index in [0.717, 1.165) is 31.4 Å². The number of hydrogen-bond donors (Lipinski definition) is 0. The molecule has 0 aliphatic rings. The van der Waals surface area contributed by atoms with Gasteiger partial charge in [0.15, 0.2) is 0 Å². The highest BCUT2D eigenvalue weighted by Crippen LogP contribution is 2.14. The van der Waals surface area contributed by atoms with Crippen molar-refractivity contribution in [3.8, 4) is 0 Å². The normalized spacial score (nSPS) is 10.7. The molecule has 6 heteroatoms. The van der Waals surface area contributed by atoms with Crippen LogP contribution in [-0.4, -0.2) is 24.5 Å². The molecule has 0 unspecified atom stereocenters. The van der Waals surface area contributed by atoms with Crippen LogP contribution >= 0.6 is 0 Å². The van der Waals surface area contributed by atoms with Crippen molar-refractivity contribution in [2.24, 2.45) is 0 Å². The van der Waals surface area contributed by atoms with Crippen LogP contribution < -0.4 is 10.2 Å². The van der Waals surface area contributed by atoms with Crippen molar-refractivity contribution < 1.29 is 29.3 Å². The van der Waals surface area contributed by atoms with E-state index in [-0.39, 0.29) is 12.2 Å². The van der Waals surface area contributed by atoms with Gasteiger partial charge in [-0.3, -0.25) is 0 Å². The van der Waals surface area contributed by atoms with Gasteiger partial charge in [-0.05, 0) is 18.6 Å². The molecule has 6 nitrogen and oxygen atoms in total. The fourth-order valence-electron chi connectivity index (χ4n) is 3.56. The first kappa shape index (κ1) is 26.7. The number of carboxylic acids is 2. The molecule has 0 saturated carbocycles. The van der Waals surface area contributed by atoms with Gasteiger partial charge >= 0.3 is 5.97 Å². The predicted octanol–water partition coefficient (Wildman–Crippen LogP) is 4.05. The Kier molecular flexibility index (Phi) is 14.1. The number of benzene rings is 1. The van der Waals surface area contributed by atoms with E-state index >= 15 is 0 Å². The number of carbonyl (C=O) groups is 3. The number of esters is 1. The van der Waals surface area contributed by atoms with Crippen molar-refractivity contribution in [3.63, 3.8) is 0 Å². The van der Waals surface area contributed by atoms with E-state index < -0.39 is 29.0 Å². The summed E-state index contributed by atoms with van der Waals surface area (Å²) in [4.78, 5) is 34.0. The summed E-state index contributed by atoms with van der Waals surface area (Å²) in [7, 11) is 0. The summed E-state index contributed by atoms with van der Waals surface area (Å²) in [6.07, 6.45) is 17.3. The minimum atomic E-state index is -1.68. The van der Waals surface area contributed by atoms with Crippen molar-refractivity contribution in [2.45, 2.75) is 96.8 Å². The Hall–Kier alpha value is -2.37. The molecule has 0 saturated heterocycles. The molecule has 0 aromatic heterocycles. The molecule has 0 bridgehead atoms. The Balaban J connectivity index is 2.08. The highest BCUT2D eigenvalue weighted by Gasteiger charge is 2.12. The van der Waals surface area contributed by atoms with Gasteiger partial charge < -0.3 is 24.5 Å². The van der Waals surface area contributed by atoms with Gasteiger partial charge in [-0.25, -0.2) is 4.79 Å². The monoisotopic (exact) mass is 432 g/mol. The number of aromatic carboxylic acids is 2. The van der Waals surface area contributed by atoms with Gasteiger partial charge in [0.2, 0.25) is 0 Å². The summed E-state index contributed by atoms with van der Waals surface area (Å²) >= 11 is 0. The zero-order valence-corrected chi connectivity index (χ0v) is 18.8. The fourth-order valence-corrected chi connectivity index (χ4v) is 3.56. The summed E-state index contributed by atoms with van der Waals surface area (Å²) in [5.41, 5.74) is -1.14. The minimum absolute atomic E-state index is 0.0189. The molecule has 0 aliphatic carbocycles. The number of carbonyl (C=O) groups excluding carboxylic acids is 3. The molecule has 0 spiro atoms. The molecule has 0 radical (unpaired) electrons. The van der Waals surface area contributed by atoms with Gasteiger partial charge in [0, 0.05) is 11.1 Å². The zero-order valence-electron chi connectivity index (χ0n) is 18.8. The van der Waals surface area contributed by atoms with Crippen LogP contribution in [0.5, 0.6) is 0 Å². The highest BCUT2D eigenvalue weighted by atomic mass is 16.5. The van der Waals surface area contributed by atoms with E-state index in [2.05, 4.69) is 6.92 Å². The Morgan fingerprint density at radius 3 is 1.58 bits per heavy atom. The summed E-state index contributed by atoms with van der Waals surface area (Å²) in [6, 6.07) is 3.18. The third-order valence-corrected chi connectivity index (χ3v) is 5.43. The van der Waals surface area contributed by atoms with Crippen LogP contribution in [-0.2, 0) is 4.74 Å². The average Bonchev–Trinajstić information content (AvgIpc) is 2.75. The maximum atomic E-state index is 12.0. The Morgan fingerprint density at radius 2 is 1.13 bits per heavy atom. The van der Waals surface area contributed by atoms with Gasteiger partial charge in [0.25, 0.3) is 0 Å². The van der Waals surface area contributed by atoms with E-state index in [1.54, 1.807) is 0 Å². The molecule has 0 N–H and O–H groups in total. The fraction of sp³-hybridized carbons (Fsp3) is 0.640. The van der Waals surface area contributed by atoms with Crippen LogP contribution in [0, 0.1) is 0 Å². The summed E-state index contributed by atoms with van der Waals surface area (Å²) < 4.78 is 5.15. The number of hydrogen-bond acceptors (Lipinski definition) is 6. The molecule has 1 aromatic carbocycles. The van der Waals surface area contributed by atoms with E-state index in [0.29, 0.717) is 0 Å². The predicted molar refractivity (Wildman–Crippen MR) is 116 cm³/mol. The lowest BCUT2D eigenvalue weighted by Crippen LogP contribution is -2.30. The molecule has 0 amide bonds. The van der Waals surface area contributed by atoms with E-state index in [1.165, 1.54) is 76.7 Å². The second-order valence-corrected chi connectivity index (χ2v) is 8.07. The first-order valence-electron chi connectivity index (χ1n) is 11.7. The molecular weight excluding hydrogens is 396 g/mol. The van der Waals surface area contributed by atoms with Crippen molar-refractivity contribution in [1.29, 1.82) is 0 Å². The topological polar surface area (TPSA) is 107 Å². The Labute approximate surface area is 186 Å². The molecule has 0 fully saturated rings. The minimum Gasteiger partial charge on any atom is -0.545 e. The first-order chi connectivity index (χ1) is 15.0. The highest BCUT2D eigenvalue weighted by molar-refractivity contribution is 6.02. The summed E-state index contributed by atoms with van der Waals surface area (Å²) in [5, 5.41) is 22.0. The number of unbranched alkanes of at least 4 members (excludes halogenated alkanes) is 13. The van der Waals surface area contributed by atoms with Crippen molar-refractivity contribution in [2.75, 3.05) is 6.61 Å². The smallest absolute Gasteiger partial charge is 0.338 e. The van der Waals surface area contributed by atoms with Crippen LogP contribution in [0.2, 0.25) is 0 Å². The molecule has 0 aliphatic heterocycles. The lowest BCUT2D eigenvalue weighted by atomic mass is 10.0. The van der Waals surface area contributed by atoms with Crippen molar-refractivity contribution in [3.05, 3.63) is 34.9 Å². The molecular formula is C25H36O6-2. The third kappa shape index (κ3) is 11.6. The van der Waals surface area contributed by atoms with Crippen LogP contribution in [0.4, 0.5) is 0 Å². The van der Waals surface area contributed by atoms with E-state index in [9.17, 15) is 24.6 Å². The molecule has 1 rings (SSSR count). The number of carboxylic acid groups (broad SMARTS) is 2. The molecule has 0 atom stereocenters. The lowest BCUT2D eigenvalue weighted by molar-refractivity contribution is -0.259. The van der Waals surface area contributed by atoms with Gasteiger partial charge in [-0.2, -0.15) is 0 Å². The van der Waals surface area contributed by atoms with Gasteiger partial charge in [-0.1, -0.05) is 96.5 Å². The van der Waals surface area contributed by atoms with Crippen molar-refractivity contribution >= 4 is 17.9 Å². The number of ether oxygens (including phenoxy) is 1. The summed E-state index contributed by atoms with van der Waals surface area (Å²) in [6.45, 7) is 2.49. The van der Waals surface area contributed by atoms with E-state index in [4.69, 9.17) is 4.74 Å².